The Morgan fingerprint density at radius 3 is 1.80 bits per heavy atom. The summed E-state index contributed by atoms with van der Waals surface area (Å²) in [5, 5.41) is 9.90. The molecule has 1 unspecified atom stereocenters. The maximum atomic E-state index is 4.83. The fraction of sp³-hybridized carbons (Fsp3) is 0.171. The molecule has 0 bridgehead atoms. The van der Waals surface area contributed by atoms with Gasteiger partial charge >= 0.3 is 0 Å². The van der Waals surface area contributed by atoms with Gasteiger partial charge in [-0.05, 0) is 173 Å². The normalized spacial score (nSPS) is 12.0. The minimum atomic E-state index is 0.304. The van der Waals surface area contributed by atoms with E-state index in [0.717, 1.165) is 33.4 Å². The van der Waals surface area contributed by atoms with Gasteiger partial charge in [-0.3, -0.25) is 0 Å². The Balaban J connectivity index is 0.00000129. The molecule has 9 rings (SSSR count). The van der Waals surface area contributed by atoms with Crippen LogP contribution in [0.1, 0.15) is 107 Å². The summed E-state index contributed by atoms with van der Waals surface area (Å²) in [7, 11) is 0. The molecule has 352 valence electrons. The standard InChI is InChI=1S/C64H54.3C2H6/c1-8-10-11-21-42(3)48-32-34-50(35-33-48)63-41-62(57-31-20-26-49-23-14-16-27-54(49)57)46(7)64-45(6)53(36-37-59(63)64)60(43(4)38-51-24-13-12-22-47(51)9-2)39-44(5)61-40-52-25-15-17-28-55(52)56-29-18-19-30-58(56)61;3*1-2/h8-42H,2,5H2,1,3-4,6-7H3;3*1-2H3/b10-8-,21-11-,43-38+,60-39-;;;. The van der Waals surface area contributed by atoms with Crippen LogP contribution in [0.25, 0.3) is 88.6 Å². The van der Waals surface area contributed by atoms with Gasteiger partial charge in [-0.15, -0.1) is 0 Å². The van der Waals surface area contributed by atoms with Crippen LogP contribution in [0.2, 0.25) is 0 Å². The highest BCUT2D eigenvalue weighted by Crippen LogP contribution is 2.44. The third-order valence-corrected chi connectivity index (χ3v) is 13.1. The van der Waals surface area contributed by atoms with E-state index in [9.17, 15) is 0 Å². The van der Waals surface area contributed by atoms with E-state index in [2.05, 4.69) is 241 Å². The lowest BCUT2D eigenvalue weighted by molar-refractivity contribution is 0.968. The van der Waals surface area contributed by atoms with Crippen molar-refractivity contribution in [1.29, 1.82) is 0 Å². The van der Waals surface area contributed by atoms with Crippen molar-refractivity contribution in [3.05, 3.63) is 252 Å². The molecule has 0 amide bonds. The zero-order chi connectivity index (χ0) is 50.3. The smallest absolute Gasteiger partial charge is 0.000732 e. The van der Waals surface area contributed by atoms with E-state index in [-0.39, 0.29) is 0 Å². The molecule has 0 N–H and O–H groups in total. The molecule has 0 aliphatic rings. The molecule has 0 heterocycles. The van der Waals surface area contributed by atoms with Crippen LogP contribution < -0.4 is 0 Å². The van der Waals surface area contributed by atoms with Crippen LogP contribution in [-0.2, 0) is 0 Å². The molecule has 9 aromatic carbocycles. The summed E-state index contributed by atoms with van der Waals surface area (Å²) < 4.78 is 0. The fourth-order valence-electron chi connectivity index (χ4n) is 9.69. The molecule has 1 atom stereocenters. The van der Waals surface area contributed by atoms with Crippen LogP contribution in [0.3, 0.4) is 0 Å². The Hall–Kier alpha value is -7.54. The summed E-state index contributed by atoms with van der Waals surface area (Å²) in [4.78, 5) is 0. The minimum Gasteiger partial charge on any atom is -0.0984 e. The lowest BCUT2D eigenvalue weighted by atomic mass is 9.82. The Labute approximate surface area is 420 Å². The van der Waals surface area contributed by atoms with Gasteiger partial charge in [0.05, 0.1) is 0 Å². The van der Waals surface area contributed by atoms with Crippen molar-refractivity contribution in [2.75, 3.05) is 0 Å². The summed E-state index contributed by atoms with van der Waals surface area (Å²) in [6.45, 7) is 32.2. The van der Waals surface area contributed by atoms with Crippen LogP contribution in [0, 0.1) is 13.8 Å². The first-order chi connectivity index (χ1) is 34.2. The molecule has 0 heteroatoms. The lowest BCUT2D eigenvalue weighted by Crippen LogP contribution is -1.99. The van der Waals surface area contributed by atoms with Gasteiger partial charge in [-0.25, -0.2) is 0 Å². The number of hydrogen-bond donors (Lipinski definition) is 0. The highest BCUT2D eigenvalue weighted by Gasteiger charge is 2.20. The van der Waals surface area contributed by atoms with Crippen LogP contribution in [0.5, 0.6) is 0 Å². The summed E-state index contributed by atoms with van der Waals surface area (Å²) in [5.74, 6) is 0.304. The zero-order valence-electron chi connectivity index (χ0n) is 43.6. The van der Waals surface area contributed by atoms with E-state index in [1.165, 1.54) is 87.6 Å². The fourth-order valence-corrected chi connectivity index (χ4v) is 9.69. The molecule has 0 radical (unpaired) electrons. The molecular formula is C70H72. The summed E-state index contributed by atoms with van der Waals surface area (Å²) >= 11 is 0. The van der Waals surface area contributed by atoms with Gasteiger partial charge in [0.15, 0.2) is 0 Å². The average Bonchev–Trinajstić information content (AvgIpc) is 3.42. The largest absolute Gasteiger partial charge is 0.0984 e. The molecule has 0 spiro atoms. The first kappa shape index (κ1) is 51.8. The van der Waals surface area contributed by atoms with Gasteiger partial charge in [0.25, 0.3) is 0 Å². The van der Waals surface area contributed by atoms with E-state index in [0.29, 0.717) is 5.92 Å². The molecule has 70 heavy (non-hydrogen) atoms. The number of benzene rings is 9. The van der Waals surface area contributed by atoms with Gasteiger partial charge in [0, 0.05) is 0 Å². The first-order valence-electron chi connectivity index (χ1n) is 25.4. The lowest BCUT2D eigenvalue weighted by Gasteiger charge is -2.22. The third-order valence-electron chi connectivity index (χ3n) is 13.1. The van der Waals surface area contributed by atoms with Crippen LogP contribution in [0.15, 0.2) is 213 Å². The molecule has 0 aromatic heterocycles. The van der Waals surface area contributed by atoms with Crippen molar-refractivity contribution in [3.63, 3.8) is 0 Å². The highest BCUT2D eigenvalue weighted by atomic mass is 14.2. The maximum Gasteiger partial charge on any atom is -0.000732 e. The Morgan fingerprint density at radius 1 is 0.514 bits per heavy atom. The number of fused-ring (bicyclic) bond motifs is 5. The van der Waals surface area contributed by atoms with Gasteiger partial charge < -0.3 is 0 Å². The molecule has 9 aromatic rings. The van der Waals surface area contributed by atoms with E-state index in [4.69, 9.17) is 6.58 Å². The zero-order valence-corrected chi connectivity index (χ0v) is 43.6. The Kier molecular flexibility index (Phi) is 18.3. The third kappa shape index (κ3) is 10.8. The van der Waals surface area contributed by atoms with Gasteiger partial charge in [0.2, 0.25) is 0 Å². The molecular weight excluding hydrogens is 841 g/mol. The number of aryl methyl sites for hydroxylation is 2. The molecule has 0 aliphatic carbocycles. The van der Waals surface area contributed by atoms with Gasteiger partial charge in [-0.2, -0.15) is 0 Å². The topological polar surface area (TPSA) is 0 Å². The first-order valence-corrected chi connectivity index (χ1v) is 25.4. The van der Waals surface area contributed by atoms with Crippen molar-refractivity contribution >= 4 is 66.4 Å². The van der Waals surface area contributed by atoms with Crippen molar-refractivity contribution < 1.29 is 0 Å². The average molecular weight is 913 g/mol. The summed E-state index contributed by atoms with van der Waals surface area (Å²) in [6, 6.07) is 60.0. The second-order valence-corrected chi connectivity index (χ2v) is 17.0. The summed E-state index contributed by atoms with van der Waals surface area (Å²) in [6.07, 6.45) is 15.1. The second-order valence-electron chi connectivity index (χ2n) is 17.0. The second kappa shape index (κ2) is 24.7. The van der Waals surface area contributed by atoms with E-state index in [1.54, 1.807) is 0 Å². The van der Waals surface area contributed by atoms with E-state index in [1.807, 2.05) is 47.6 Å². The monoisotopic (exact) mass is 913 g/mol. The predicted molar refractivity (Wildman–Crippen MR) is 317 cm³/mol. The number of hydrogen-bond acceptors (Lipinski definition) is 0. The van der Waals surface area contributed by atoms with Gasteiger partial charge in [-0.1, -0.05) is 250 Å². The van der Waals surface area contributed by atoms with Gasteiger partial charge in [0.1, 0.15) is 0 Å². The predicted octanol–water partition coefficient (Wildman–Crippen LogP) is 21.4. The van der Waals surface area contributed by atoms with E-state index < -0.39 is 0 Å². The quantitative estimate of drug-likeness (QED) is 0.0896. The molecule has 0 nitrogen and oxygen atoms in total. The number of rotatable bonds is 11. The molecule has 0 fully saturated rings. The van der Waals surface area contributed by atoms with Crippen LogP contribution in [-0.4, -0.2) is 0 Å². The molecule has 0 saturated heterocycles. The number of allylic oxidation sites excluding steroid dienone is 8. The molecule has 0 aliphatic heterocycles. The Bertz CT molecular complexity index is 3390. The summed E-state index contributed by atoms with van der Waals surface area (Å²) in [5.41, 5.74) is 16.5. The van der Waals surface area contributed by atoms with Crippen LogP contribution >= 0.6 is 0 Å². The van der Waals surface area contributed by atoms with Crippen LogP contribution in [0.4, 0.5) is 0 Å². The Morgan fingerprint density at radius 2 is 1.11 bits per heavy atom. The highest BCUT2D eigenvalue weighted by molar-refractivity contribution is 6.14. The van der Waals surface area contributed by atoms with Crippen molar-refractivity contribution in [3.8, 4) is 22.3 Å². The van der Waals surface area contributed by atoms with Crippen molar-refractivity contribution in [1.82, 2.24) is 0 Å². The van der Waals surface area contributed by atoms with Crippen molar-refractivity contribution in [2.45, 2.75) is 82.1 Å². The maximum absolute atomic E-state index is 4.83. The SMILES string of the molecule is C=Cc1ccccc1/C=C(C)/C(=C/C(=C)c1cc2ccccc2c2ccccc12)c1ccc2c(-c3ccc(C(C)/C=C\C=C/C)cc3)cc(-c3cccc4ccccc34)c(C)c2c1C.CC.CC.CC. The van der Waals surface area contributed by atoms with E-state index >= 15 is 0 Å². The minimum absolute atomic E-state index is 0.304. The van der Waals surface area contributed by atoms with Crippen molar-refractivity contribution in [2.24, 2.45) is 0 Å². The molecule has 0 saturated carbocycles.